The van der Waals surface area contributed by atoms with E-state index >= 15 is 0 Å². The van der Waals surface area contributed by atoms with E-state index in [4.69, 9.17) is 4.52 Å². The summed E-state index contributed by atoms with van der Waals surface area (Å²) >= 11 is 0. The molecule has 2 aromatic rings. The Morgan fingerprint density at radius 2 is 1.83 bits per heavy atom. The van der Waals surface area contributed by atoms with Crippen LogP contribution in [-0.2, 0) is 21.2 Å². The maximum absolute atomic E-state index is 12.6. The Hall–Kier alpha value is -2.19. The molecule has 128 valence electrons. The normalized spacial score (nSPS) is 16.3. The van der Waals surface area contributed by atoms with Gasteiger partial charge in [0, 0.05) is 32.2 Å². The molecule has 2 heterocycles. The molecule has 0 spiro atoms. The van der Waals surface area contributed by atoms with Crippen molar-refractivity contribution >= 4 is 15.9 Å². The molecule has 1 aromatic carbocycles. The summed E-state index contributed by atoms with van der Waals surface area (Å²) in [5, 5.41) is 3.76. The molecular weight excluding hydrogens is 330 g/mol. The number of sulfonamides is 1. The Morgan fingerprint density at radius 1 is 1.17 bits per heavy atom. The van der Waals surface area contributed by atoms with Crippen molar-refractivity contribution in [2.45, 2.75) is 18.2 Å². The monoisotopic (exact) mass is 349 g/mol. The van der Waals surface area contributed by atoms with E-state index < -0.39 is 10.0 Å². The molecule has 1 saturated heterocycles. The molecular formula is C16H19N3O4S. The molecule has 7 nitrogen and oxygen atoms in total. The lowest BCUT2D eigenvalue weighted by Crippen LogP contribution is -2.50. The molecule has 0 unspecified atom stereocenters. The lowest BCUT2D eigenvalue weighted by atomic mass is 10.2. The molecule has 1 aliphatic heterocycles. The fourth-order valence-corrected chi connectivity index (χ4v) is 4.12. The van der Waals surface area contributed by atoms with Crippen molar-refractivity contribution in [3.05, 3.63) is 47.9 Å². The summed E-state index contributed by atoms with van der Waals surface area (Å²) in [6.45, 7) is 3.12. The first-order chi connectivity index (χ1) is 11.5. The van der Waals surface area contributed by atoms with Crippen LogP contribution in [0.4, 0.5) is 0 Å². The fraction of sp³-hybridized carbons (Fsp3) is 0.375. The first-order valence-electron chi connectivity index (χ1n) is 7.72. The molecule has 1 aromatic heterocycles. The first-order valence-corrected chi connectivity index (χ1v) is 9.16. The van der Waals surface area contributed by atoms with Gasteiger partial charge in [-0.1, -0.05) is 23.4 Å². The van der Waals surface area contributed by atoms with E-state index in [0.717, 1.165) is 5.69 Å². The number of amides is 1. The van der Waals surface area contributed by atoms with E-state index in [1.165, 1.54) is 4.31 Å². The zero-order valence-corrected chi connectivity index (χ0v) is 14.2. The third-order valence-corrected chi connectivity index (χ3v) is 5.89. The van der Waals surface area contributed by atoms with Crippen molar-refractivity contribution in [1.82, 2.24) is 14.4 Å². The predicted molar refractivity (Wildman–Crippen MR) is 86.7 cm³/mol. The van der Waals surface area contributed by atoms with Gasteiger partial charge in [-0.25, -0.2) is 8.42 Å². The summed E-state index contributed by atoms with van der Waals surface area (Å²) < 4.78 is 31.6. The minimum absolute atomic E-state index is 0.0806. The number of nitrogens with zero attached hydrogens (tertiary/aromatic N) is 3. The average Bonchev–Trinajstić information content (AvgIpc) is 3.00. The number of hydrogen-bond donors (Lipinski definition) is 0. The summed E-state index contributed by atoms with van der Waals surface area (Å²) in [5.74, 6) is 0.444. The standard InChI is InChI=1S/C16H19N3O4S/c1-13-11-14(23-17-13)12-16(20)18-7-9-19(10-8-18)24(21,22)15-5-3-2-4-6-15/h2-6,11H,7-10,12H2,1H3. The number of piperazine rings is 1. The van der Waals surface area contributed by atoms with Crippen LogP contribution < -0.4 is 0 Å². The van der Waals surface area contributed by atoms with Crippen molar-refractivity contribution in [1.29, 1.82) is 0 Å². The van der Waals surface area contributed by atoms with Gasteiger partial charge < -0.3 is 9.42 Å². The van der Waals surface area contributed by atoms with Gasteiger partial charge in [0.15, 0.2) is 0 Å². The summed E-state index contributed by atoms with van der Waals surface area (Å²) in [6.07, 6.45) is 0.145. The summed E-state index contributed by atoms with van der Waals surface area (Å²) in [7, 11) is -3.50. The topological polar surface area (TPSA) is 83.7 Å². The minimum atomic E-state index is -3.50. The van der Waals surface area contributed by atoms with Crippen molar-refractivity contribution < 1.29 is 17.7 Å². The molecule has 0 atom stereocenters. The highest BCUT2D eigenvalue weighted by atomic mass is 32.2. The van der Waals surface area contributed by atoms with Crippen LogP contribution in [0.3, 0.4) is 0 Å². The van der Waals surface area contributed by atoms with E-state index in [1.54, 1.807) is 48.2 Å². The average molecular weight is 349 g/mol. The van der Waals surface area contributed by atoms with Crippen molar-refractivity contribution in [3.63, 3.8) is 0 Å². The maximum Gasteiger partial charge on any atom is 0.243 e. The van der Waals surface area contributed by atoms with Crippen LogP contribution in [0.2, 0.25) is 0 Å². The highest BCUT2D eigenvalue weighted by Gasteiger charge is 2.30. The Kier molecular flexibility index (Phi) is 4.68. The highest BCUT2D eigenvalue weighted by Crippen LogP contribution is 2.17. The van der Waals surface area contributed by atoms with Gasteiger partial charge in [-0.2, -0.15) is 4.31 Å². The van der Waals surface area contributed by atoms with Gasteiger partial charge in [0.05, 0.1) is 17.0 Å². The number of aromatic nitrogens is 1. The second-order valence-electron chi connectivity index (χ2n) is 5.71. The van der Waals surface area contributed by atoms with Crippen molar-refractivity contribution in [2.75, 3.05) is 26.2 Å². The van der Waals surface area contributed by atoms with Crippen LogP contribution >= 0.6 is 0 Å². The van der Waals surface area contributed by atoms with E-state index in [9.17, 15) is 13.2 Å². The van der Waals surface area contributed by atoms with Gasteiger partial charge in [0.25, 0.3) is 0 Å². The largest absolute Gasteiger partial charge is 0.361 e. The maximum atomic E-state index is 12.6. The quantitative estimate of drug-likeness (QED) is 0.824. The summed E-state index contributed by atoms with van der Waals surface area (Å²) in [4.78, 5) is 14.2. The Morgan fingerprint density at radius 3 is 2.42 bits per heavy atom. The van der Waals surface area contributed by atoms with Crippen LogP contribution in [0, 0.1) is 6.92 Å². The molecule has 0 radical (unpaired) electrons. The van der Waals surface area contributed by atoms with Crippen molar-refractivity contribution in [3.8, 4) is 0 Å². The third-order valence-electron chi connectivity index (χ3n) is 3.97. The van der Waals surface area contributed by atoms with Gasteiger partial charge in [-0.05, 0) is 19.1 Å². The number of hydrogen-bond acceptors (Lipinski definition) is 5. The Labute approximate surface area is 140 Å². The molecule has 0 bridgehead atoms. The van der Waals surface area contributed by atoms with E-state index in [0.29, 0.717) is 31.9 Å². The zero-order chi connectivity index (χ0) is 17.2. The molecule has 0 aliphatic carbocycles. The smallest absolute Gasteiger partial charge is 0.243 e. The zero-order valence-electron chi connectivity index (χ0n) is 13.4. The number of carbonyl (C=O) groups excluding carboxylic acids is 1. The van der Waals surface area contributed by atoms with Crippen LogP contribution in [-0.4, -0.2) is 54.9 Å². The van der Waals surface area contributed by atoms with Gasteiger partial charge in [-0.15, -0.1) is 0 Å². The number of benzene rings is 1. The van der Waals surface area contributed by atoms with Crippen LogP contribution in [0.5, 0.6) is 0 Å². The second-order valence-corrected chi connectivity index (χ2v) is 7.65. The number of carbonyl (C=O) groups is 1. The number of aryl methyl sites for hydroxylation is 1. The Bertz CT molecular complexity index is 809. The van der Waals surface area contributed by atoms with E-state index in [-0.39, 0.29) is 17.2 Å². The van der Waals surface area contributed by atoms with E-state index in [2.05, 4.69) is 5.16 Å². The highest BCUT2D eigenvalue weighted by molar-refractivity contribution is 7.89. The molecule has 1 fully saturated rings. The molecule has 1 amide bonds. The molecule has 24 heavy (non-hydrogen) atoms. The molecule has 8 heteroatoms. The lowest BCUT2D eigenvalue weighted by molar-refractivity contribution is -0.131. The molecule has 3 rings (SSSR count). The Balaban J connectivity index is 1.60. The fourth-order valence-electron chi connectivity index (χ4n) is 2.68. The minimum Gasteiger partial charge on any atom is -0.361 e. The van der Waals surface area contributed by atoms with Crippen LogP contribution in [0.25, 0.3) is 0 Å². The van der Waals surface area contributed by atoms with Gasteiger partial charge in [0.1, 0.15) is 5.76 Å². The van der Waals surface area contributed by atoms with Gasteiger partial charge in [0.2, 0.25) is 15.9 Å². The molecule has 1 aliphatic rings. The van der Waals surface area contributed by atoms with Gasteiger partial charge in [-0.3, -0.25) is 4.79 Å². The first kappa shape index (κ1) is 16.7. The number of rotatable bonds is 4. The molecule has 0 N–H and O–H groups in total. The molecule has 0 saturated carbocycles. The van der Waals surface area contributed by atoms with Crippen molar-refractivity contribution in [2.24, 2.45) is 0 Å². The van der Waals surface area contributed by atoms with Crippen LogP contribution in [0.1, 0.15) is 11.5 Å². The van der Waals surface area contributed by atoms with Crippen LogP contribution in [0.15, 0.2) is 45.8 Å². The summed E-state index contributed by atoms with van der Waals surface area (Å²) in [5.41, 5.74) is 0.733. The second kappa shape index (κ2) is 6.74. The summed E-state index contributed by atoms with van der Waals surface area (Å²) in [6, 6.07) is 10.1. The van der Waals surface area contributed by atoms with Gasteiger partial charge >= 0.3 is 0 Å². The lowest BCUT2D eigenvalue weighted by Gasteiger charge is -2.33. The third kappa shape index (κ3) is 3.49. The SMILES string of the molecule is Cc1cc(CC(=O)N2CCN(S(=O)(=O)c3ccccc3)CC2)on1. The van der Waals surface area contributed by atoms with E-state index in [1.807, 2.05) is 0 Å². The predicted octanol–water partition coefficient (Wildman–Crippen LogP) is 1.06.